The third-order valence-electron chi connectivity index (χ3n) is 4.95. The number of carbonyl (C=O) groups is 2. The smallest absolute Gasteiger partial charge is 0.307 e. The molecule has 1 heterocycles. The maximum absolute atomic E-state index is 13.5. The lowest BCUT2D eigenvalue weighted by Gasteiger charge is -2.27. The van der Waals surface area contributed by atoms with Crippen LogP contribution >= 0.6 is 0 Å². The highest BCUT2D eigenvalue weighted by molar-refractivity contribution is 6.12. The number of carboxylic acids is 1. The second-order valence-corrected chi connectivity index (χ2v) is 6.93. The molecule has 5 nitrogen and oxygen atoms in total. The number of anilines is 2. The van der Waals surface area contributed by atoms with E-state index in [0.717, 1.165) is 0 Å². The van der Waals surface area contributed by atoms with Gasteiger partial charge in [0, 0.05) is 11.4 Å². The molecule has 0 aromatic heterocycles. The first kappa shape index (κ1) is 19.4. The Bertz CT molecular complexity index is 1100. The van der Waals surface area contributed by atoms with Gasteiger partial charge in [-0.3, -0.25) is 14.5 Å². The fraction of sp³-hybridized carbons (Fsp3) is 0.0833. The van der Waals surface area contributed by atoms with Gasteiger partial charge in [0.05, 0.1) is 12.5 Å². The Morgan fingerprint density at radius 3 is 2.13 bits per heavy atom. The maximum Gasteiger partial charge on any atom is 0.307 e. The average molecular weight is 402 g/mol. The minimum absolute atomic E-state index is 0.224. The molecule has 1 atom stereocenters. The van der Waals surface area contributed by atoms with Gasteiger partial charge < -0.3 is 10.4 Å². The first-order valence-corrected chi connectivity index (χ1v) is 9.45. The predicted octanol–water partition coefficient (Wildman–Crippen LogP) is 4.75. The van der Waals surface area contributed by atoms with E-state index in [1.54, 1.807) is 41.3 Å². The molecule has 0 spiro atoms. The van der Waals surface area contributed by atoms with Crippen molar-refractivity contribution in [2.24, 2.45) is 0 Å². The van der Waals surface area contributed by atoms with Crippen LogP contribution in [0.5, 0.6) is 0 Å². The molecule has 0 saturated heterocycles. The lowest BCUT2D eigenvalue weighted by molar-refractivity contribution is -0.136. The van der Waals surface area contributed by atoms with Crippen LogP contribution in [0.3, 0.4) is 0 Å². The summed E-state index contributed by atoms with van der Waals surface area (Å²) in [4.78, 5) is 26.7. The van der Waals surface area contributed by atoms with E-state index in [4.69, 9.17) is 0 Å². The fourth-order valence-corrected chi connectivity index (χ4v) is 3.67. The van der Waals surface area contributed by atoms with E-state index in [-0.39, 0.29) is 18.0 Å². The summed E-state index contributed by atoms with van der Waals surface area (Å²) in [6.45, 7) is 0. The second kappa shape index (κ2) is 8.21. The van der Waals surface area contributed by atoms with Crippen molar-refractivity contribution >= 4 is 23.3 Å². The van der Waals surface area contributed by atoms with E-state index in [9.17, 15) is 19.1 Å². The molecule has 0 unspecified atom stereocenters. The van der Waals surface area contributed by atoms with Crippen molar-refractivity contribution in [1.29, 1.82) is 0 Å². The highest BCUT2D eigenvalue weighted by Gasteiger charge is 2.41. The summed E-state index contributed by atoms with van der Waals surface area (Å²) >= 11 is 0. The van der Waals surface area contributed by atoms with Gasteiger partial charge in [-0.15, -0.1) is 0 Å². The SMILES string of the molecule is O=C(O)CC1=C(Nc2ccccc2)C(=O)N(c2ccccc2)[C@@H]1c1ccc(F)cc1. The van der Waals surface area contributed by atoms with Gasteiger partial charge in [0.2, 0.25) is 0 Å². The molecule has 1 aliphatic rings. The summed E-state index contributed by atoms with van der Waals surface area (Å²) in [5.41, 5.74) is 2.59. The van der Waals surface area contributed by atoms with Gasteiger partial charge in [0.1, 0.15) is 11.5 Å². The van der Waals surface area contributed by atoms with E-state index in [0.29, 0.717) is 22.5 Å². The Hall–Kier alpha value is -3.93. The number of hydrogen-bond donors (Lipinski definition) is 2. The largest absolute Gasteiger partial charge is 0.481 e. The molecule has 3 aromatic carbocycles. The standard InChI is InChI=1S/C24H19FN2O3/c25-17-13-11-16(12-14-17)23-20(15-21(28)29)22(26-18-7-3-1-4-8-18)24(30)27(23)19-9-5-2-6-10-19/h1-14,23,26H,15H2,(H,28,29)/t23-/m1/s1. The fourth-order valence-electron chi connectivity index (χ4n) is 3.67. The first-order valence-electron chi connectivity index (χ1n) is 9.45. The van der Waals surface area contributed by atoms with Gasteiger partial charge in [-0.25, -0.2) is 4.39 Å². The van der Waals surface area contributed by atoms with Crippen molar-refractivity contribution in [3.05, 3.63) is 108 Å². The average Bonchev–Trinajstić information content (AvgIpc) is 3.01. The maximum atomic E-state index is 13.5. The van der Waals surface area contributed by atoms with Crippen LogP contribution in [0.15, 0.2) is 96.2 Å². The van der Waals surface area contributed by atoms with Crippen molar-refractivity contribution in [1.82, 2.24) is 0 Å². The van der Waals surface area contributed by atoms with Gasteiger partial charge in [-0.05, 0) is 47.5 Å². The Morgan fingerprint density at radius 1 is 0.933 bits per heavy atom. The number of aliphatic carboxylic acids is 1. The zero-order chi connectivity index (χ0) is 21.1. The van der Waals surface area contributed by atoms with Crippen molar-refractivity contribution in [2.75, 3.05) is 10.2 Å². The highest BCUT2D eigenvalue weighted by atomic mass is 19.1. The third kappa shape index (κ3) is 3.80. The summed E-state index contributed by atoms with van der Waals surface area (Å²) in [6.07, 6.45) is -0.327. The van der Waals surface area contributed by atoms with Crippen molar-refractivity contribution < 1.29 is 19.1 Å². The van der Waals surface area contributed by atoms with E-state index in [2.05, 4.69) is 5.32 Å². The molecular formula is C24H19FN2O3. The summed E-state index contributed by atoms with van der Waals surface area (Å²) < 4.78 is 13.5. The van der Waals surface area contributed by atoms with Crippen LogP contribution in [0.4, 0.5) is 15.8 Å². The predicted molar refractivity (Wildman–Crippen MR) is 112 cm³/mol. The summed E-state index contributed by atoms with van der Waals surface area (Å²) in [7, 11) is 0. The number of rotatable bonds is 6. The highest BCUT2D eigenvalue weighted by Crippen LogP contribution is 2.42. The molecule has 2 N–H and O–H groups in total. The quantitative estimate of drug-likeness (QED) is 0.624. The number of nitrogens with zero attached hydrogens (tertiary/aromatic N) is 1. The zero-order valence-electron chi connectivity index (χ0n) is 16.0. The van der Waals surface area contributed by atoms with Crippen LogP contribution in [0, 0.1) is 5.82 Å². The monoisotopic (exact) mass is 402 g/mol. The molecule has 0 radical (unpaired) electrons. The molecule has 1 amide bonds. The summed E-state index contributed by atoms with van der Waals surface area (Å²) in [6, 6.07) is 23.3. The molecule has 4 rings (SSSR count). The lowest BCUT2D eigenvalue weighted by atomic mass is 9.96. The topological polar surface area (TPSA) is 69.6 Å². The Kier molecular flexibility index (Phi) is 5.30. The molecule has 6 heteroatoms. The van der Waals surface area contributed by atoms with E-state index in [1.807, 2.05) is 36.4 Å². The van der Waals surface area contributed by atoms with Crippen LogP contribution in [0.25, 0.3) is 0 Å². The zero-order valence-corrected chi connectivity index (χ0v) is 16.0. The van der Waals surface area contributed by atoms with E-state index in [1.165, 1.54) is 12.1 Å². The molecule has 0 bridgehead atoms. The van der Waals surface area contributed by atoms with Gasteiger partial charge in [-0.2, -0.15) is 0 Å². The number of hydrogen-bond acceptors (Lipinski definition) is 3. The second-order valence-electron chi connectivity index (χ2n) is 6.93. The lowest BCUT2D eigenvalue weighted by Crippen LogP contribution is -2.31. The molecule has 0 saturated carbocycles. The number of nitrogens with one attached hydrogen (secondary N) is 1. The molecule has 1 aliphatic heterocycles. The van der Waals surface area contributed by atoms with Gasteiger partial charge >= 0.3 is 5.97 Å². The van der Waals surface area contributed by atoms with Crippen molar-refractivity contribution in [2.45, 2.75) is 12.5 Å². The van der Waals surface area contributed by atoms with Crippen LogP contribution in [0.2, 0.25) is 0 Å². The Balaban J connectivity index is 1.87. The first-order chi connectivity index (χ1) is 14.5. The molecule has 150 valence electrons. The van der Waals surface area contributed by atoms with E-state index < -0.39 is 17.8 Å². The summed E-state index contributed by atoms with van der Waals surface area (Å²) in [5, 5.41) is 12.7. The number of carbonyl (C=O) groups excluding carboxylic acids is 1. The Morgan fingerprint density at radius 2 is 1.53 bits per heavy atom. The van der Waals surface area contributed by atoms with Crippen LogP contribution < -0.4 is 10.2 Å². The number of halogens is 1. The number of carboxylic acid groups (broad SMARTS) is 1. The normalized spacial score (nSPS) is 16.1. The van der Waals surface area contributed by atoms with Crippen molar-refractivity contribution in [3.8, 4) is 0 Å². The molecule has 30 heavy (non-hydrogen) atoms. The molecule has 3 aromatic rings. The summed E-state index contributed by atoms with van der Waals surface area (Å²) in [5.74, 6) is -1.79. The van der Waals surface area contributed by atoms with Crippen molar-refractivity contribution in [3.63, 3.8) is 0 Å². The number of para-hydroxylation sites is 2. The van der Waals surface area contributed by atoms with Gasteiger partial charge in [-0.1, -0.05) is 48.5 Å². The minimum Gasteiger partial charge on any atom is -0.481 e. The van der Waals surface area contributed by atoms with Crippen LogP contribution in [-0.4, -0.2) is 17.0 Å². The van der Waals surface area contributed by atoms with Crippen LogP contribution in [-0.2, 0) is 9.59 Å². The number of benzene rings is 3. The molecule has 0 fully saturated rings. The minimum atomic E-state index is -1.05. The van der Waals surface area contributed by atoms with E-state index >= 15 is 0 Å². The third-order valence-corrected chi connectivity index (χ3v) is 4.95. The molecular weight excluding hydrogens is 383 g/mol. The van der Waals surface area contributed by atoms with Gasteiger partial charge in [0.25, 0.3) is 5.91 Å². The number of amides is 1. The Labute approximate surface area is 173 Å². The van der Waals surface area contributed by atoms with Gasteiger partial charge in [0.15, 0.2) is 0 Å². The molecule has 0 aliphatic carbocycles. The van der Waals surface area contributed by atoms with Crippen LogP contribution in [0.1, 0.15) is 18.0 Å².